The number of hydrogen-bond acceptors (Lipinski definition) is 3. The van der Waals surface area contributed by atoms with E-state index in [9.17, 15) is 18.0 Å². The van der Waals surface area contributed by atoms with Gasteiger partial charge in [0.1, 0.15) is 5.60 Å². The summed E-state index contributed by atoms with van der Waals surface area (Å²) in [4.78, 5) is 11.7. The summed E-state index contributed by atoms with van der Waals surface area (Å²) < 4.78 is 42.1. The number of rotatable bonds is 3. The number of fused-ring (bicyclic) bond motifs is 1. The molecule has 2 rings (SSSR count). The van der Waals surface area contributed by atoms with Gasteiger partial charge >= 0.3 is 12.3 Å². The third kappa shape index (κ3) is 5.42. The van der Waals surface area contributed by atoms with E-state index in [2.05, 4.69) is 10.6 Å². The second-order valence-electron chi connectivity index (χ2n) is 6.63. The van der Waals surface area contributed by atoms with E-state index in [1.165, 1.54) is 0 Å². The number of hydrogen-bond donors (Lipinski definition) is 2. The van der Waals surface area contributed by atoms with E-state index in [1.54, 1.807) is 39.0 Å². The van der Waals surface area contributed by atoms with Crippen LogP contribution < -0.4 is 10.6 Å². The summed E-state index contributed by atoms with van der Waals surface area (Å²) in [6.07, 6.45) is -3.49. The first-order chi connectivity index (χ1) is 10.5. The lowest BCUT2D eigenvalue weighted by Crippen LogP contribution is -2.31. The van der Waals surface area contributed by atoms with Gasteiger partial charge in [-0.1, -0.05) is 6.07 Å². The Morgan fingerprint density at radius 1 is 1.30 bits per heavy atom. The summed E-state index contributed by atoms with van der Waals surface area (Å²) in [5, 5.41) is 5.17. The van der Waals surface area contributed by atoms with Crippen LogP contribution in [0.4, 0.5) is 23.7 Å². The Bertz CT molecular complexity index is 580. The van der Waals surface area contributed by atoms with Crippen molar-refractivity contribution in [2.24, 2.45) is 0 Å². The molecule has 1 aromatic carbocycles. The molecule has 4 nitrogen and oxygen atoms in total. The normalized spacial score (nSPS) is 17.7. The van der Waals surface area contributed by atoms with Crippen molar-refractivity contribution in [3.05, 3.63) is 29.3 Å². The SMILES string of the molecule is CC(C)(C)OC(=O)Nc1ccc2c(c1)CCC2NCC(F)(F)F. The first-order valence-electron chi connectivity index (χ1n) is 7.46. The van der Waals surface area contributed by atoms with Gasteiger partial charge in [-0.2, -0.15) is 13.2 Å². The molecule has 0 fully saturated rings. The Morgan fingerprint density at radius 3 is 2.61 bits per heavy atom. The van der Waals surface area contributed by atoms with Crippen molar-refractivity contribution in [3.8, 4) is 0 Å². The van der Waals surface area contributed by atoms with E-state index in [4.69, 9.17) is 4.74 Å². The zero-order valence-electron chi connectivity index (χ0n) is 13.4. The number of alkyl halides is 3. The molecule has 128 valence electrons. The monoisotopic (exact) mass is 330 g/mol. The van der Waals surface area contributed by atoms with Gasteiger partial charge in [-0.05, 0) is 56.9 Å². The third-order valence-corrected chi connectivity index (χ3v) is 3.41. The van der Waals surface area contributed by atoms with Crippen LogP contribution >= 0.6 is 0 Å². The van der Waals surface area contributed by atoms with Crippen LogP contribution in [-0.2, 0) is 11.2 Å². The molecule has 0 radical (unpaired) electrons. The largest absolute Gasteiger partial charge is 0.444 e. The van der Waals surface area contributed by atoms with Crippen LogP contribution in [-0.4, -0.2) is 24.4 Å². The maximum absolute atomic E-state index is 12.3. The zero-order valence-corrected chi connectivity index (χ0v) is 13.4. The van der Waals surface area contributed by atoms with Crippen molar-refractivity contribution in [3.63, 3.8) is 0 Å². The molecule has 0 saturated heterocycles. The highest BCUT2D eigenvalue weighted by molar-refractivity contribution is 5.85. The summed E-state index contributed by atoms with van der Waals surface area (Å²) in [6.45, 7) is 4.31. The van der Waals surface area contributed by atoms with Crippen molar-refractivity contribution in [1.29, 1.82) is 0 Å². The lowest BCUT2D eigenvalue weighted by molar-refractivity contribution is -0.126. The smallest absolute Gasteiger partial charge is 0.412 e. The molecule has 0 aromatic heterocycles. The van der Waals surface area contributed by atoms with E-state index < -0.39 is 24.4 Å². The van der Waals surface area contributed by atoms with E-state index in [0.717, 1.165) is 11.1 Å². The minimum Gasteiger partial charge on any atom is -0.444 e. The van der Waals surface area contributed by atoms with E-state index in [0.29, 0.717) is 18.5 Å². The van der Waals surface area contributed by atoms with Crippen LogP contribution in [0.15, 0.2) is 18.2 Å². The average molecular weight is 330 g/mol. The fourth-order valence-electron chi connectivity index (χ4n) is 2.57. The predicted molar refractivity (Wildman–Crippen MR) is 81.4 cm³/mol. The molecule has 7 heteroatoms. The summed E-state index contributed by atoms with van der Waals surface area (Å²) in [5.41, 5.74) is 1.78. The molecular weight excluding hydrogens is 309 g/mol. The average Bonchev–Trinajstić information content (AvgIpc) is 2.75. The summed E-state index contributed by atoms with van der Waals surface area (Å²) >= 11 is 0. The van der Waals surface area contributed by atoms with Gasteiger partial charge in [0, 0.05) is 11.7 Å². The quantitative estimate of drug-likeness (QED) is 0.874. The molecule has 23 heavy (non-hydrogen) atoms. The van der Waals surface area contributed by atoms with Gasteiger partial charge in [0.05, 0.1) is 6.54 Å². The Hall–Kier alpha value is -1.76. The molecule has 0 spiro atoms. The molecule has 1 amide bonds. The zero-order chi connectivity index (χ0) is 17.3. The topological polar surface area (TPSA) is 50.4 Å². The third-order valence-electron chi connectivity index (χ3n) is 3.41. The van der Waals surface area contributed by atoms with E-state index in [1.807, 2.05) is 0 Å². The molecule has 0 bridgehead atoms. The Labute approximate surface area is 133 Å². The van der Waals surface area contributed by atoms with E-state index >= 15 is 0 Å². The highest BCUT2D eigenvalue weighted by atomic mass is 19.4. The molecule has 0 aliphatic heterocycles. The number of carbonyl (C=O) groups excluding carboxylic acids is 1. The molecule has 1 aliphatic rings. The summed E-state index contributed by atoms with van der Waals surface area (Å²) in [5.74, 6) is 0. The first-order valence-corrected chi connectivity index (χ1v) is 7.46. The van der Waals surface area contributed by atoms with Gasteiger partial charge < -0.3 is 10.1 Å². The molecule has 1 atom stereocenters. The van der Waals surface area contributed by atoms with Crippen LogP contribution in [0, 0.1) is 0 Å². The molecule has 1 aliphatic carbocycles. The summed E-state index contributed by atoms with van der Waals surface area (Å²) in [6, 6.07) is 4.91. The molecule has 0 saturated carbocycles. The highest BCUT2D eigenvalue weighted by Gasteiger charge is 2.30. The minimum atomic E-state index is -4.22. The van der Waals surface area contributed by atoms with Crippen molar-refractivity contribution < 1.29 is 22.7 Å². The number of halogens is 3. The molecule has 2 N–H and O–H groups in total. The number of amides is 1. The van der Waals surface area contributed by atoms with Crippen LogP contribution in [0.2, 0.25) is 0 Å². The minimum absolute atomic E-state index is 0.304. The first kappa shape index (κ1) is 17.6. The number of benzene rings is 1. The standard InChI is InChI=1S/C16H21F3N2O2/c1-15(2,3)23-14(22)21-11-5-6-12-10(8-11)4-7-13(12)20-9-16(17,18)19/h5-6,8,13,20H,4,7,9H2,1-3H3,(H,21,22). The van der Waals surface area contributed by atoms with Crippen molar-refractivity contribution in [1.82, 2.24) is 5.32 Å². The van der Waals surface area contributed by atoms with Crippen LogP contribution in [0.25, 0.3) is 0 Å². The second kappa shape index (κ2) is 6.39. The Morgan fingerprint density at radius 2 is 2.00 bits per heavy atom. The molecule has 1 aromatic rings. The number of aryl methyl sites for hydroxylation is 1. The maximum atomic E-state index is 12.3. The highest BCUT2D eigenvalue weighted by Crippen LogP contribution is 2.33. The fourth-order valence-corrected chi connectivity index (χ4v) is 2.57. The number of ether oxygens (including phenoxy) is 1. The van der Waals surface area contributed by atoms with Crippen LogP contribution in [0.3, 0.4) is 0 Å². The maximum Gasteiger partial charge on any atom is 0.412 e. The van der Waals surface area contributed by atoms with Gasteiger partial charge in [-0.25, -0.2) is 4.79 Å². The van der Waals surface area contributed by atoms with E-state index in [-0.39, 0.29) is 6.04 Å². The number of nitrogens with one attached hydrogen (secondary N) is 2. The van der Waals surface area contributed by atoms with Crippen molar-refractivity contribution in [2.75, 3.05) is 11.9 Å². The van der Waals surface area contributed by atoms with Gasteiger partial charge in [-0.15, -0.1) is 0 Å². The van der Waals surface area contributed by atoms with Gasteiger partial charge in [0.2, 0.25) is 0 Å². The number of carbonyl (C=O) groups is 1. The molecular formula is C16H21F3N2O2. The second-order valence-corrected chi connectivity index (χ2v) is 6.63. The van der Waals surface area contributed by atoms with Crippen molar-refractivity contribution in [2.45, 2.75) is 51.4 Å². The lowest BCUT2D eigenvalue weighted by atomic mass is 10.1. The Kier molecular flexibility index (Phi) is 4.89. The summed E-state index contributed by atoms with van der Waals surface area (Å²) in [7, 11) is 0. The lowest BCUT2D eigenvalue weighted by Gasteiger charge is -2.20. The molecule has 1 unspecified atom stereocenters. The van der Waals surface area contributed by atoms with Crippen molar-refractivity contribution >= 4 is 11.8 Å². The van der Waals surface area contributed by atoms with Gasteiger partial charge in [-0.3, -0.25) is 5.32 Å². The Balaban J connectivity index is 2.00. The van der Waals surface area contributed by atoms with Gasteiger partial charge in [0.25, 0.3) is 0 Å². The molecule has 0 heterocycles. The van der Waals surface area contributed by atoms with Crippen LogP contribution in [0.1, 0.15) is 44.4 Å². The van der Waals surface area contributed by atoms with Gasteiger partial charge in [0.15, 0.2) is 0 Å². The van der Waals surface area contributed by atoms with Crippen LogP contribution in [0.5, 0.6) is 0 Å². The number of anilines is 1. The predicted octanol–water partition coefficient (Wildman–Crippen LogP) is 4.17. The fraction of sp³-hybridized carbons (Fsp3) is 0.562.